The lowest BCUT2D eigenvalue weighted by Crippen LogP contribution is -2.27. The topological polar surface area (TPSA) is 105 Å². The normalized spacial score (nSPS) is 20.0. The first kappa shape index (κ1) is 17.5. The number of imidazole rings is 1. The molecule has 27 heavy (non-hydrogen) atoms. The van der Waals surface area contributed by atoms with Crippen LogP contribution in [0.1, 0.15) is 42.1 Å². The fraction of sp³-hybridized carbons (Fsp3) is 0.421. The van der Waals surface area contributed by atoms with Crippen molar-refractivity contribution >= 4 is 16.9 Å². The summed E-state index contributed by atoms with van der Waals surface area (Å²) >= 11 is 0. The predicted octanol–water partition coefficient (Wildman–Crippen LogP) is 1.43. The third-order valence-corrected chi connectivity index (χ3v) is 5.20. The number of aromatic nitrogens is 4. The minimum atomic E-state index is -0.265. The Hall–Kier alpha value is -2.87. The summed E-state index contributed by atoms with van der Waals surface area (Å²) in [5.41, 5.74) is 1.80. The Morgan fingerprint density at radius 1 is 1.30 bits per heavy atom. The fourth-order valence-electron chi connectivity index (χ4n) is 3.77. The fourth-order valence-corrected chi connectivity index (χ4v) is 3.77. The summed E-state index contributed by atoms with van der Waals surface area (Å²) < 4.78 is 3.52. The highest BCUT2D eigenvalue weighted by Crippen LogP contribution is 2.29. The summed E-state index contributed by atoms with van der Waals surface area (Å²) in [5.74, 6) is -0.182. The molecule has 2 aromatic heterocycles. The molecule has 2 heterocycles. The Bertz CT molecular complexity index is 981. The average Bonchev–Trinajstić information content (AvgIpc) is 3.29. The van der Waals surface area contributed by atoms with Crippen molar-refractivity contribution in [1.29, 1.82) is 0 Å². The highest BCUT2D eigenvalue weighted by molar-refractivity contribution is 5.97. The molecular weight excluding hydrogens is 346 g/mol. The molecule has 8 nitrogen and oxygen atoms in total. The molecule has 8 heteroatoms. The molecule has 0 radical (unpaired) electrons. The Labute approximate surface area is 155 Å². The smallest absolute Gasteiger partial charge is 0.326 e. The van der Waals surface area contributed by atoms with Gasteiger partial charge in [-0.25, -0.2) is 4.79 Å². The van der Waals surface area contributed by atoms with Crippen LogP contribution in [0.5, 0.6) is 0 Å². The van der Waals surface area contributed by atoms with Crippen LogP contribution in [-0.2, 0) is 6.54 Å². The maximum Gasteiger partial charge on any atom is 0.326 e. The van der Waals surface area contributed by atoms with Gasteiger partial charge in [-0.2, -0.15) is 5.10 Å². The van der Waals surface area contributed by atoms with Crippen LogP contribution in [0.15, 0.2) is 41.5 Å². The Morgan fingerprint density at radius 3 is 2.85 bits per heavy atom. The second-order valence-corrected chi connectivity index (χ2v) is 7.02. The van der Waals surface area contributed by atoms with Gasteiger partial charge in [-0.15, -0.1) is 0 Å². The molecule has 0 aliphatic heterocycles. The van der Waals surface area contributed by atoms with Gasteiger partial charge in [-0.3, -0.25) is 14.0 Å². The number of aliphatic hydroxyl groups excluding tert-OH is 1. The predicted molar refractivity (Wildman–Crippen MR) is 101 cm³/mol. The van der Waals surface area contributed by atoms with Gasteiger partial charge in [-0.05, 0) is 49.9 Å². The quantitative estimate of drug-likeness (QED) is 0.633. The summed E-state index contributed by atoms with van der Waals surface area (Å²) in [4.78, 5) is 27.7. The average molecular weight is 369 g/mol. The number of carbonyl (C=O) groups excluding carboxylic acids is 1. The van der Waals surface area contributed by atoms with E-state index in [0.29, 0.717) is 37.0 Å². The van der Waals surface area contributed by atoms with Gasteiger partial charge in [0.15, 0.2) is 0 Å². The number of nitrogens with one attached hydrogen (secondary N) is 2. The number of hydrogen-bond donors (Lipinski definition) is 3. The van der Waals surface area contributed by atoms with Crippen LogP contribution in [-0.4, -0.2) is 43.0 Å². The zero-order valence-corrected chi connectivity index (χ0v) is 15.0. The van der Waals surface area contributed by atoms with E-state index in [1.807, 2.05) is 18.3 Å². The zero-order valence-electron chi connectivity index (χ0n) is 15.0. The van der Waals surface area contributed by atoms with E-state index in [1.54, 1.807) is 27.6 Å². The van der Waals surface area contributed by atoms with Gasteiger partial charge in [0.1, 0.15) is 0 Å². The van der Waals surface area contributed by atoms with Crippen molar-refractivity contribution in [3.63, 3.8) is 0 Å². The standard InChI is InChI=1S/C19H23N5O3/c25-15-5-3-14(4-6-15)24-17-7-2-13(12-16(17)22-19(24)27)18(26)20-9-11-23-10-1-8-21-23/h1-2,7-8,10,12,14-15,25H,3-6,9,11H2,(H,20,26)(H,22,27). The molecule has 1 saturated carbocycles. The van der Waals surface area contributed by atoms with Crippen LogP contribution >= 0.6 is 0 Å². The van der Waals surface area contributed by atoms with Gasteiger partial charge < -0.3 is 15.4 Å². The monoisotopic (exact) mass is 369 g/mol. The van der Waals surface area contributed by atoms with Crippen LogP contribution in [0.25, 0.3) is 11.0 Å². The Balaban J connectivity index is 1.49. The number of benzene rings is 1. The number of amides is 1. The van der Waals surface area contributed by atoms with E-state index in [0.717, 1.165) is 18.4 Å². The van der Waals surface area contributed by atoms with Crippen molar-refractivity contribution in [3.05, 3.63) is 52.7 Å². The van der Waals surface area contributed by atoms with E-state index in [4.69, 9.17) is 0 Å². The molecule has 1 aliphatic carbocycles. The first-order valence-electron chi connectivity index (χ1n) is 9.30. The summed E-state index contributed by atoms with van der Waals surface area (Å²) in [6.07, 6.45) is 6.26. The van der Waals surface area contributed by atoms with E-state index in [9.17, 15) is 14.7 Å². The molecule has 1 amide bonds. The summed E-state index contributed by atoms with van der Waals surface area (Å²) in [6.45, 7) is 1.07. The third-order valence-electron chi connectivity index (χ3n) is 5.20. The van der Waals surface area contributed by atoms with Gasteiger partial charge in [0.25, 0.3) is 5.91 Å². The minimum absolute atomic E-state index is 0.0865. The summed E-state index contributed by atoms with van der Waals surface area (Å²) in [7, 11) is 0. The molecule has 0 atom stereocenters. The molecule has 142 valence electrons. The van der Waals surface area contributed by atoms with Gasteiger partial charge in [0.05, 0.1) is 23.7 Å². The van der Waals surface area contributed by atoms with Crippen LogP contribution < -0.4 is 11.0 Å². The minimum Gasteiger partial charge on any atom is -0.393 e. The molecule has 3 N–H and O–H groups in total. The molecule has 1 aliphatic rings. The van der Waals surface area contributed by atoms with Gasteiger partial charge in [0.2, 0.25) is 0 Å². The first-order chi connectivity index (χ1) is 13.1. The highest BCUT2D eigenvalue weighted by atomic mass is 16.3. The van der Waals surface area contributed by atoms with E-state index < -0.39 is 0 Å². The Kier molecular flexibility index (Phi) is 4.81. The second kappa shape index (κ2) is 7.40. The number of aromatic amines is 1. The van der Waals surface area contributed by atoms with Crippen molar-refractivity contribution in [3.8, 4) is 0 Å². The number of rotatable bonds is 5. The van der Waals surface area contributed by atoms with E-state index in [2.05, 4.69) is 15.4 Å². The number of carbonyl (C=O) groups is 1. The molecule has 3 aromatic rings. The van der Waals surface area contributed by atoms with Gasteiger partial charge in [0, 0.05) is 30.5 Å². The van der Waals surface area contributed by atoms with Crippen LogP contribution in [0, 0.1) is 0 Å². The molecule has 0 spiro atoms. The lowest BCUT2D eigenvalue weighted by Gasteiger charge is -2.26. The lowest BCUT2D eigenvalue weighted by atomic mass is 9.93. The highest BCUT2D eigenvalue weighted by Gasteiger charge is 2.24. The molecule has 0 saturated heterocycles. The molecule has 0 unspecified atom stereocenters. The van der Waals surface area contributed by atoms with Crippen LogP contribution in [0.3, 0.4) is 0 Å². The number of H-pyrrole nitrogens is 1. The number of fused-ring (bicyclic) bond motifs is 1. The Morgan fingerprint density at radius 2 is 2.11 bits per heavy atom. The second-order valence-electron chi connectivity index (χ2n) is 7.02. The van der Waals surface area contributed by atoms with Crippen molar-refractivity contribution in [2.24, 2.45) is 0 Å². The molecule has 1 fully saturated rings. The zero-order chi connectivity index (χ0) is 18.8. The van der Waals surface area contributed by atoms with Crippen molar-refractivity contribution < 1.29 is 9.90 Å². The van der Waals surface area contributed by atoms with Crippen molar-refractivity contribution in [2.75, 3.05) is 6.54 Å². The van der Waals surface area contributed by atoms with E-state index >= 15 is 0 Å². The first-order valence-corrected chi connectivity index (χ1v) is 9.30. The molecule has 0 bridgehead atoms. The molecule has 1 aromatic carbocycles. The van der Waals surface area contributed by atoms with E-state index in [1.165, 1.54) is 0 Å². The number of nitrogens with zero attached hydrogens (tertiary/aromatic N) is 3. The maximum atomic E-state index is 12.4. The lowest BCUT2D eigenvalue weighted by molar-refractivity contribution is 0.0952. The number of aliphatic hydroxyl groups is 1. The number of hydrogen-bond acceptors (Lipinski definition) is 4. The van der Waals surface area contributed by atoms with Crippen molar-refractivity contribution in [1.82, 2.24) is 24.6 Å². The molecule has 4 rings (SSSR count). The van der Waals surface area contributed by atoms with Gasteiger partial charge in [-0.1, -0.05) is 0 Å². The van der Waals surface area contributed by atoms with Gasteiger partial charge >= 0.3 is 5.69 Å². The van der Waals surface area contributed by atoms with Crippen LogP contribution in [0.2, 0.25) is 0 Å². The van der Waals surface area contributed by atoms with Crippen molar-refractivity contribution in [2.45, 2.75) is 44.4 Å². The SMILES string of the molecule is O=C(NCCn1cccn1)c1ccc2c(c1)[nH]c(=O)n2C1CCC(O)CC1. The summed E-state index contributed by atoms with van der Waals surface area (Å²) in [6, 6.07) is 7.20. The van der Waals surface area contributed by atoms with Crippen LogP contribution in [0.4, 0.5) is 0 Å². The molecular formula is C19H23N5O3. The largest absolute Gasteiger partial charge is 0.393 e. The van der Waals surface area contributed by atoms with E-state index in [-0.39, 0.29) is 23.7 Å². The third kappa shape index (κ3) is 3.66. The maximum absolute atomic E-state index is 12.4. The summed E-state index contributed by atoms with van der Waals surface area (Å²) in [5, 5.41) is 16.7.